The van der Waals surface area contributed by atoms with E-state index >= 15 is 0 Å². The molecule has 72 valence electrons. The molecule has 0 radical (unpaired) electrons. The molecular formula is C7H17N2O2P. The number of nitrogens with one attached hydrogen (secondary N) is 1. The van der Waals surface area contributed by atoms with Gasteiger partial charge in [-0.3, -0.25) is 14.6 Å². The Balaban J connectivity index is 3.76. The van der Waals surface area contributed by atoms with Gasteiger partial charge in [-0.1, -0.05) is 0 Å². The first-order chi connectivity index (χ1) is 5.52. The van der Waals surface area contributed by atoms with Gasteiger partial charge in [0.2, 0.25) is 0 Å². The molecule has 0 aromatic carbocycles. The second kappa shape index (κ2) is 5.33. The smallest absolute Gasteiger partial charge is 0.320 e. The zero-order chi connectivity index (χ0) is 9.61. The Hall–Kier alpha value is -0.340. The minimum absolute atomic E-state index is 0.214. The summed E-state index contributed by atoms with van der Waals surface area (Å²) in [7, 11) is 0.329. The highest BCUT2D eigenvalue weighted by Crippen LogP contribution is 2.33. The number of esters is 1. The molecule has 1 N–H and O–H groups in total. The van der Waals surface area contributed by atoms with Crippen molar-refractivity contribution in [2.24, 2.45) is 4.74 Å². The van der Waals surface area contributed by atoms with Crippen molar-refractivity contribution >= 4 is 13.2 Å². The van der Waals surface area contributed by atoms with E-state index in [2.05, 4.69) is 9.83 Å². The minimum atomic E-state index is -1.43. The lowest BCUT2D eigenvalue weighted by molar-refractivity contribution is -0.141. The van der Waals surface area contributed by atoms with Crippen molar-refractivity contribution in [1.82, 2.24) is 5.09 Å². The molecule has 0 saturated heterocycles. The fourth-order valence-corrected chi connectivity index (χ4v) is 1.20. The summed E-state index contributed by atoms with van der Waals surface area (Å²) in [4.78, 5) is 10.9. The summed E-state index contributed by atoms with van der Waals surface area (Å²) in [5.74, 6) is -0.214. The predicted molar refractivity (Wildman–Crippen MR) is 51.8 cm³/mol. The lowest BCUT2D eigenvalue weighted by Crippen LogP contribution is -2.21. The summed E-state index contributed by atoms with van der Waals surface area (Å²) in [5, 5.41) is 3.06. The van der Waals surface area contributed by atoms with Crippen molar-refractivity contribution in [1.29, 1.82) is 0 Å². The highest BCUT2D eigenvalue weighted by atomic mass is 31.2. The van der Waals surface area contributed by atoms with Gasteiger partial charge in [0.15, 0.2) is 0 Å². The molecule has 0 rings (SSSR count). The molecule has 0 unspecified atom stereocenters. The average molecular weight is 192 g/mol. The molecule has 0 heterocycles. The Morgan fingerprint density at radius 2 is 2.17 bits per heavy atom. The summed E-state index contributed by atoms with van der Waals surface area (Å²) in [6.07, 6.45) is 0. The third kappa shape index (κ3) is 5.33. The lowest BCUT2D eigenvalue weighted by Gasteiger charge is -2.13. The van der Waals surface area contributed by atoms with E-state index in [4.69, 9.17) is 4.74 Å². The molecule has 0 fully saturated rings. The van der Waals surface area contributed by atoms with E-state index in [-0.39, 0.29) is 12.5 Å². The average Bonchev–Trinajstić information content (AvgIpc) is 2.02. The number of nitrogens with zero attached hydrogens (tertiary/aromatic N) is 1. The van der Waals surface area contributed by atoms with E-state index in [1.165, 1.54) is 0 Å². The summed E-state index contributed by atoms with van der Waals surface area (Å²) in [6, 6.07) is 0. The van der Waals surface area contributed by atoms with E-state index in [0.717, 1.165) is 0 Å². The van der Waals surface area contributed by atoms with E-state index in [1.54, 1.807) is 14.0 Å². The van der Waals surface area contributed by atoms with Crippen LogP contribution in [0.1, 0.15) is 6.92 Å². The third-order valence-electron chi connectivity index (χ3n) is 1.42. The normalized spacial score (nSPS) is 11.0. The van der Waals surface area contributed by atoms with Crippen LogP contribution in [0.25, 0.3) is 0 Å². The van der Waals surface area contributed by atoms with Crippen LogP contribution in [0.15, 0.2) is 4.74 Å². The van der Waals surface area contributed by atoms with Crippen LogP contribution in [0.3, 0.4) is 0 Å². The molecule has 5 heteroatoms. The number of hydrogen-bond donors (Lipinski definition) is 1. The van der Waals surface area contributed by atoms with Crippen LogP contribution in [0, 0.1) is 0 Å². The fraction of sp³-hybridized carbons (Fsp3) is 0.857. The Bertz CT molecular complexity index is 198. The summed E-state index contributed by atoms with van der Waals surface area (Å²) < 4.78 is 8.90. The minimum Gasteiger partial charge on any atom is -0.465 e. The van der Waals surface area contributed by atoms with E-state index in [9.17, 15) is 4.79 Å². The molecule has 0 aromatic heterocycles. The Kier molecular flexibility index (Phi) is 5.18. The maximum atomic E-state index is 10.9. The second-order valence-corrected chi connectivity index (χ2v) is 6.24. The van der Waals surface area contributed by atoms with Crippen LogP contribution >= 0.6 is 7.21 Å². The SMILES string of the molecule is CCOC(=O)CNP(C)(C)=NC. The molecule has 0 aliphatic heterocycles. The number of carbonyl (C=O) groups excluding carboxylic acids is 1. The van der Waals surface area contributed by atoms with Crippen molar-refractivity contribution in [3.63, 3.8) is 0 Å². The standard InChI is InChI=1S/C7H17N2O2P/c1-5-11-7(10)6-9-12(3,4)8-2/h9H,5-6H2,1-4H3. The van der Waals surface area contributed by atoms with Crippen molar-refractivity contribution in [3.05, 3.63) is 0 Å². The molecule has 4 nitrogen and oxygen atoms in total. The van der Waals surface area contributed by atoms with Gasteiger partial charge >= 0.3 is 5.97 Å². The van der Waals surface area contributed by atoms with Gasteiger partial charge in [0, 0.05) is 14.3 Å². The van der Waals surface area contributed by atoms with Gasteiger partial charge in [0.05, 0.1) is 13.2 Å². The summed E-state index contributed by atoms with van der Waals surface area (Å²) >= 11 is 0. The molecule has 12 heavy (non-hydrogen) atoms. The van der Waals surface area contributed by atoms with Gasteiger partial charge < -0.3 is 4.74 Å². The molecule has 0 saturated carbocycles. The first-order valence-electron chi connectivity index (χ1n) is 3.88. The Morgan fingerprint density at radius 1 is 1.58 bits per heavy atom. The number of rotatable bonds is 4. The maximum Gasteiger partial charge on any atom is 0.320 e. The lowest BCUT2D eigenvalue weighted by atomic mass is 10.7. The van der Waals surface area contributed by atoms with Crippen molar-refractivity contribution in [2.75, 3.05) is 33.5 Å². The van der Waals surface area contributed by atoms with Crippen LogP contribution in [-0.2, 0) is 9.53 Å². The molecule has 0 amide bonds. The fourth-order valence-electron chi connectivity index (χ4n) is 0.541. The first-order valence-corrected chi connectivity index (χ1v) is 6.51. The summed E-state index contributed by atoms with van der Waals surface area (Å²) in [6.45, 7) is 6.50. The highest BCUT2D eigenvalue weighted by Gasteiger charge is 2.06. The van der Waals surface area contributed by atoms with Gasteiger partial charge in [-0.15, -0.1) is 0 Å². The van der Waals surface area contributed by atoms with Gasteiger partial charge in [-0.25, -0.2) is 0 Å². The number of carbonyl (C=O) groups is 1. The highest BCUT2D eigenvalue weighted by molar-refractivity contribution is 7.62. The van der Waals surface area contributed by atoms with Crippen molar-refractivity contribution < 1.29 is 9.53 Å². The Morgan fingerprint density at radius 3 is 2.58 bits per heavy atom. The van der Waals surface area contributed by atoms with E-state index in [0.29, 0.717) is 6.61 Å². The van der Waals surface area contributed by atoms with Crippen LogP contribution in [0.5, 0.6) is 0 Å². The molecule has 0 aliphatic rings. The number of ether oxygens (including phenoxy) is 1. The quantitative estimate of drug-likeness (QED) is 0.537. The predicted octanol–water partition coefficient (Wildman–Crippen LogP) is 1.14. The zero-order valence-corrected chi connectivity index (χ0v) is 9.02. The topological polar surface area (TPSA) is 50.7 Å². The van der Waals surface area contributed by atoms with Gasteiger partial charge in [0.25, 0.3) is 0 Å². The molecular weight excluding hydrogens is 175 g/mol. The van der Waals surface area contributed by atoms with Gasteiger partial charge in [-0.2, -0.15) is 0 Å². The number of hydrogen-bond acceptors (Lipinski definition) is 3. The first kappa shape index (κ1) is 11.7. The maximum absolute atomic E-state index is 10.9. The van der Waals surface area contributed by atoms with Gasteiger partial charge in [-0.05, 0) is 20.3 Å². The van der Waals surface area contributed by atoms with E-state index in [1.807, 2.05) is 13.3 Å². The van der Waals surface area contributed by atoms with Crippen LogP contribution in [-0.4, -0.2) is 39.5 Å². The molecule has 0 spiro atoms. The summed E-state index contributed by atoms with van der Waals surface area (Å²) in [5.41, 5.74) is 0. The van der Waals surface area contributed by atoms with Crippen molar-refractivity contribution in [3.8, 4) is 0 Å². The largest absolute Gasteiger partial charge is 0.465 e. The third-order valence-corrected chi connectivity index (χ3v) is 3.35. The zero-order valence-electron chi connectivity index (χ0n) is 8.13. The van der Waals surface area contributed by atoms with Crippen LogP contribution in [0.4, 0.5) is 0 Å². The Labute approximate surface area is 73.8 Å². The molecule has 0 atom stereocenters. The van der Waals surface area contributed by atoms with Crippen LogP contribution < -0.4 is 5.09 Å². The van der Waals surface area contributed by atoms with Crippen molar-refractivity contribution in [2.45, 2.75) is 6.92 Å². The molecule has 0 bridgehead atoms. The molecule has 0 aliphatic carbocycles. The van der Waals surface area contributed by atoms with Crippen LogP contribution in [0.2, 0.25) is 0 Å². The monoisotopic (exact) mass is 192 g/mol. The van der Waals surface area contributed by atoms with Gasteiger partial charge in [0.1, 0.15) is 0 Å². The second-order valence-electron chi connectivity index (χ2n) is 2.73. The molecule has 0 aromatic rings. The van der Waals surface area contributed by atoms with E-state index < -0.39 is 7.21 Å².